The van der Waals surface area contributed by atoms with Gasteiger partial charge in [0.05, 0.1) is 10.8 Å². The van der Waals surface area contributed by atoms with E-state index in [0.717, 1.165) is 29.9 Å². The maximum atomic E-state index is 12.0. The van der Waals surface area contributed by atoms with Crippen LogP contribution in [0, 0.1) is 5.92 Å². The Morgan fingerprint density at radius 3 is 3.13 bits per heavy atom. The van der Waals surface area contributed by atoms with Gasteiger partial charge >= 0.3 is 0 Å². The molecule has 0 aromatic carbocycles. The standard InChI is InChI=1S/C10H13BrN2OS/c11-9-2-1-3-10(13-9)15(14)7-8-4-5-12-6-8/h1-3,8,12H,4-7H2/t8-,15-/m1/s1. The van der Waals surface area contributed by atoms with Gasteiger partial charge in [0.1, 0.15) is 9.63 Å². The molecular weight excluding hydrogens is 276 g/mol. The van der Waals surface area contributed by atoms with Gasteiger partial charge in [-0.1, -0.05) is 6.07 Å². The molecule has 0 radical (unpaired) electrons. The van der Waals surface area contributed by atoms with Gasteiger partial charge in [0, 0.05) is 5.75 Å². The highest BCUT2D eigenvalue weighted by Crippen LogP contribution is 2.15. The Hall–Kier alpha value is -0.260. The molecule has 5 heteroatoms. The van der Waals surface area contributed by atoms with E-state index in [0.29, 0.717) is 10.9 Å². The van der Waals surface area contributed by atoms with E-state index in [4.69, 9.17) is 0 Å². The fraction of sp³-hybridized carbons (Fsp3) is 0.500. The van der Waals surface area contributed by atoms with Crippen LogP contribution in [0.2, 0.25) is 0 Å². The molecule has 3 nitrogen and oxygen atoms in total. The van der Waals surface area contributed by atoms with Gasteiger partial charge < -0.3 is 5.32 Å². The van der Waals surface area contributed by atoms with Crippen molar-refractivity contribution in [1.82, 2.24) is 10.3 Å². The van der Waals surface area contributed by atoms with Crippen molar-refractivity contribution in [3.63, 3.8) is 0 Å². The quantitative estimate of drug-likeness (QED) is 0.859. The molecule has 1 aliphatic heterocycles. The molecule has 2 atom stereocenters. The summed E-state index contributed by atoms with van der Waals surface area (Å²) in [7, 11) is -0.965. The van der Waals surface area contributed by atoms with E-state index in [1.807, 2.05) is 18.2 Å². The summed E-state index contributed by atoms with van der Waals surface area (Å²) in [6.07, 6.45) is 1.12. The Morgan fingerprint density at radius 2 is 2.47 bits per heavy atom. The molecule has 2 rings (SSSR count). The molecule has 2 heterocycles. The molecule has 1 saturated heterocycles. The lowest BCUT2D eigenvalue weighted by atomic mass is 10.2. The zero-order chi connectivity index (χ0) is 10.7. The van der Waals surface area contributed by atoms with Crippen LogP contribution in [-0.2, 0) is 10.8 Å². The van der Waals surface area contributed by atoms with E-state index in [2.05, 4.69) is 26.2 Å². The highest BCUT2D eigenvalue weighted by Gasteiger charge is 2.18. The molecule has 1 fully saturated rings. The number of nitrogens with zero attached hydrogens (tertiary/aromatic N) is 1. The predicted octanol–water partition coefficient (Wildman–Crippen LogP) is 1.56. The molecule has 15 heavy (non-hydrogen) atoms. The molecular formula is C10H13BrN2OS. The summed E-state index contributed by atoms with van der Waals surface area (Å²) in [5.74, 6) is 1.25. The van der Waals surface area contributed by atoms with Crippen LogP contribution < -0.4 is 5.32 Å². The van der Waals surface area contributed by atoms with E-state index in [-0.39, 0.29) is 0 Å². The van der Waals surface area contributed by atoms with Crippen LogP contribution in [0.3, 0.4) is 0 Å². The van der Waals surface area contributed by atoms with E-state index in [9.17, 15) is 4.21 Å². The van der Waals surface area contributed by atoms with Crippen molar-refractivity contribution < 1.29 is 4.21 Å². The van der Waals surface area contributed by atoms with Crippen LogP contribution in [0.4, 0.5) is 0 Å². The second-order valence-electron chi connectivity index (χ2n) is 3.67. The van der Waals surface area contributed by atoms with Crippen molar-refractivity contribution in [1.29, 1.82) is 0 Å². The van der Waals surface area contributed by atoms with Crippen molar-refractivity contribution in [3.05, 3.63) is 22.8 Å². The molecule has 0 unspecified atom stereocenters. The lowest BCUT2D eigenvalue weighted by Gasteiger charge is -2.07. The summed E-state index contributed by atoms with van der Waals surface area (Å²) >= 11 is 3.29. The summed E-state index contributed by atoms with van der Waals surface area (Å²) in [4.78, 5) is 4.21. The molecule has 0 aliphatic carbocycles. The first kappa shape index (κ1) is 11.2. The minimum absolute atomic E-state index is 0.534. The summed E-state index contributed by atoms with van der Waals surface area (Å²) in [5.41, 5.74) is 0. The van der Waals surface area contributed by atoms with Crippen LogP contribution >= 0.6 is 15.9 Å². The fourth-order valence-corrected chi connectivity index (χ4v) is 3.45. The fourth-order valence-electron chi connectivity index (χ4n) is 1.67. The summed E-state index contributed by atoms with van der Waals surface area (Å²) in [6.45, 7) is 2.04. The third-order valence-corrected chi connectivity index (χ3v) is 4.38. The lowest BCUT2D eigenvalue weighted by molar-refractivity contribution is 0.631. The number of nitrogens with one attached hydrogen (secondary N) is 1. The third kappa shape index (κ3) is 3.09. The van der Waals surface area contributed by atoms with Crippen molar-refractivity contribution >= 4 is 26.7 Å². The molecule has 82 valence electrons. The van der Waals surface area contributed by atoms with E-state index >= 15 is 0 Å². The number of halogens is 1. The minimum atomic E-state index is -0.965. The molecule has 0 amide bonds. The summed E-state index contributed by atoms with van der Waals surface area (Å²) in [5, 5.41) is 3.95. The molecule has 0 spiro atoms. The van der Waals surface area contributed by atoms with Crippen molar-refractivity contribution in [3.8, 4) is 0 Å². The van der Waals surface area contributed by atoms with Crippen LogP contribution in [0.15, 0.2) is 27.8 Å². The van der Waals surface area contributed by atoms with Crippen LogP contribution in [0.1, 0.15) is 6.42 Å². The Kier molecular flexibility index (Phi) is 3.88. The van der Waals surface area contributed by atoms with Crippen LogP contribution in [-0.4, -0.2) is 28.0 Å². The highest BCUT2D eigenvalue weighted by molar-refractivity contribution is 9.10. The molecule has 1 aromatic heterocycles. The Labute approximate surface area is 100 Å². The number of aromatic nitrogens is 1. The molecule has 1 aliphatic rings. The monoisotopic (exact) mass is 288 g/mol. The SMILES string of the molecule is O=[S@](C[C@@H]1CCNC1)c1cccc(Br)n1. The zero-order valence-corrected chi connectivity index (χ0v) is 10.7. The first-order valence-corrected chi connectivity index (χ1v) is 7.08. The van der Waals surface area contributed by atoms with Crippen LogP contribution in [0.25, 0.3) is 0 Å². The topological polar surface area (TPSA) is 42.0 Å². The highest BCUT2D eigenvalue weighted by atomic mass is 79.9. The van der Waals surface area contributed by atoms with Gasteiger partial charge in [-0.05, 0) is 53.5 Å². The average Bonchev–Trinajstić information content (AvgIpc) is 2.70. The van der Waals surface area contributed by atoms with Gasteiger partial charge in [0.15, 0.2) is 0 Å². The summed E-state index contributed by atoms with van der Waals surface area (Å²) in [6, 6.07) is 5.54. The maximum absolute atomic E-state index is 12.0. The Balaban J connectivity index is 2.01. The van der Waals surface area contributed by atoms with Crippen molar-refractivity contribution in [2.75, 3.05) is 18.8 Å². The largest absolute Gasteiger partial charge is 0.316 e. The predicted molar refractivity (Wildman–Crippen MR) is 64.2 cm³/mol. The zero-order valence-electron chi connectivity index (χ0n) is 8.28. The second-order valence-corrected chi connectivity index (χ2v) is 5.92. The molecule has 1 aromatic rings. The normalized spacial score (nSPS) is 22.9. The first-order chi connectivity index (χ1) is 7.25. The first-order valence-electron chi connectivity index (χ1n) is 4.97. The lowest BCUT2D eigenvalue weighted by Crippen LogP contribution is -2.15. The van der Waals surface area contributed by atoms with E-state index in [1.54, 1.807) is 0 Å². The minimum Gasteiger partial charge on any atom is -0.316 e. The molecule has 0 saturated carbocycles. The molecule has 1 N–H and O–H groups in total. The maximum Gasteiger partial charge on any atom is 0.128 e. The van der Waals surface area contributed by atoms with E-state index in [1.165, 1.54) is 0 Å². The average molecular weight is 289 g/mol. The summed E-state index contributed by atoms with van der Waals surface area (Å²) < 4.78 is 12.7. The van der Waals surface area contributed by atoms with Crippen molar-refractivity contribution in [2.24, 2.45) is 5.92 Å². The smallest absolute Gasteiger partial charge is 0.128 e. The Bertz CT molecular complexity index is 366. The van der Waals surface area contributed by atoms with Gasteiger partial charge in [-0.15, -0.1) is 0 Å². The van der Waals surface area contributed by atoms with Gasteiger partial charge in [-0.25, -0.2) is 4.98 Å². The number of hydrogen-bond acceptors (Lipinski definition) is 3. The van der Waals surface area contributed by atoms with E-state index < -0.39 is 10.8 Å². The third-order valence-electron chi connectivity index (χ3n) is 2.47. The molecule has 0 bridgehead atoms. The second kappa shape index (κ2) is 5.18. The Morgan fingerprint density at radius 1 is 1.60 bits per heavy atom. The van der Waals surface area contributed by atoms with Crippen molar-refractivity contribution in [2.45, 2.75) is 11.4 Å². The number of rotatable bonds is 3. The van der Waals surface area contributed by atoms with Crippen LogP contribution in [0.5, 0.6) is 0 Å². The number of hydrogen-bond donors (Lipinski definition) is 1. The van der Waals surface area contributed by atoms with Gasteiger partial charge in [0.25, 0.3) is 0 Å². The van der Waals surface area contributed by atoms with Gasteiger partial charge in [-0.2, -0.15) is 0 Å². The number of pyridine rings is 1. The van der Waals surface area contributed by atoms with Gasteiger partial charge in [0.2, 0.25) is 0 Å². The van der Waals surface area contributed by atoms with Gasteiger partial charge in [-0.3, -0.25) is 4.21 Å².